The zero-order valence-corrected chi connectivity index (χ0v) is 33.1. The van der Waals surface area contributed by atoms with Gasteiger partial charge in [0, 0.05) is 0 Å². The fourth-order valence-electron chi connectivity index (χ4n) is 7.63. The third-order valence-corrected chi connectivity index (χ3v) is 20.9. The van der Waals surface area contributed by atoms with Gasteiger partial charge in [-0.1, -0.05) is 0 Å². The summed E-state index contributed by atoms with van der Waals surface area (Å²) in [4.78, 5) is 0. The van der Waals surface area contributed by atoms with E-state index in [0.29, 0.717) is 0 Å². The minimum atomic E-state index is -3.62. The maximum absolute atomic E-state index is 3.62. The Morgan fingerprint density at radius 2 is 0.321 bits per heavy atom. The summed E-state index contributed by atoms with van der Waals surface area (Å²) in [5.74, 6) is 0. The van der Waals surface area contributed by atoms with E-state index >= 15 is 0 Å². The Labute approximate surface area is 317 Å². The molecule has 1 heteroatoms. The first-order valence-corrected chi connectivity index (χ1v) is 22.8. The third kappa shape index (κ3) is 6.96. The number of aryl methyl sites for hydroxylation is 4. The van der Waals surface area contributed by atoms with Crippen LogP contribution in [0.1, 0.15) is 22.3 Å². The molecule has 0 spiro atoms. The van der Waals surface area contributed by atoms with Crippen LogP contribution >= 0.6 is 0 Å². The minimum absolute atomic E-state index is 1.24. The number of rotatable bonds is 8. The molecular weight excluding hydrogens is 697 g/mol. The summed E-state index contributed by atoms with van der Waals surface area (Å²) in [5.41, 5.74) is 15.0. The summed E-state index contributed by atoms with van der Waals surface area (Å²) in [6, 6.07) is 73.5. The van der Waals surface area contributed by atoms with E-state index in [-0.39, 0.29) is 0 Å². The Morgan fingerprint density at radius 1 is 0.189 bits per heavy atom. The summed E-state index contributed by atoms with van der Waals surface area (Å²) >= 11 is -3.62. The van der Waals surface area contributed by atoms with Crippen LogP contribution in [0.2, 0.25) is 0 Å². The van der Waals surface area contributed by atoms with Crippen molar-refractivity contribution in [3.8, 4) is 44.5 Å². The Balaban J connectivity index is 1.33. The van der Waals surface area contributed by atoms with E-state index in [0.717, 1.165) is 0 Å². The molecule has 0 N–H and O–H groups in total. The molecule has 0 aliphatic rings. The van der Waals surface area contributed by atoms with Gasteiger partial charge in [0.25, 0.3) is 0 Å². The molecule has 0 heterocycles. The van der Waals surface area contributed by atoms with E-state index in [2.05, 4.69) is 222 Å². The molecule has 0 fully saturated rings. The molecule has 256 valence electrons. The van der Waals surface area contributed by atoms with Crippen LogP contribution in [0.4, 0.5) is 0 Å². The molecule has 0 saturated carbocycles. The zero-order chi connectivity index (χ0) is 36.4. The molecule has 53 heavy (non-hydrogen) atoms. The Morgan fingerprint density at radius 3 is 0.472 bits per heavy atom. The summed E-state index contributed by atoms with van der Waals surface area (Å²) < 4.78 is 5.65. The van der Waals surface area contributed by atoms with Gasteiger partial charge in [-0.3, -0.25) is 0 Å². The molecule has 0 amide bonds. The summed E-state index contributed by atoms with van der Waals surface area (Å²) in [6.45, 7) is 8.58. The van der Waals surface area contributed by atoms with Crippen LogP contribution in [0.5, 0.6) is 0 Å². The van der Waals surface area contributed by atoms with E-state index in [1.807, 2.05) is 0 Å². The molecule has 0 aliphatic heterocycles. The fraction of sp³-hybridized carbons (Fsp3) is 0.0769. The first kappa shape index (κ1) is 34.4. The van der Waals surface area contributed by atoms with Gasteiger partial charge in [-0.2, -0.15) is 0 Å². The van der Waals surface area contributed by atoms with Crippen molar-refractivity contribution in [2.75, 3.05) is 0 Å². The van der Waals surface area contributed by atoms with Crippen molar-refractivity contribution in [1.29, 1.82) is 0 Å². The summed E-state index contributed by atoms with van der Waals surface area (Å²) in [7, 11) is 0. The molecule has 0 saturated heterocycles. The van der Waals surface area contributed by atoms with Gasteiger partial charge in [-0.15, -0.1) is 0 Å². The summed E-state index contributed by atoms with van der Waals surface area (Å²) in [6.07, 6.45) is 0. The van der Waals surface area contributed by atoms with Crippen molar-refractivity contribution in [2.24, 2.45) is 0 Å². The maximum atomic E-state index is 2.42. The van der Waals surface area contributed by atoms with Crippen molar-refractivity contribution in [3.63, 3.8) is 0 Å². The monoisotopic (exact) mass is 742 g/mol. The van der Waals surface area contributed by atoms with Crippen LogP contribution in [0.3, 0.4) is 0 Å². The van der Waals surface area contributed by atoms with Gasteiger partial charge >= 0.3 is 319 Å². The number of benzene rings is 8. The molecule has 0 nitrogen and oxygen atoms in total. The fourth-order valence-corrected chi connectivity index (χ4v) is 17.4. The van der Waals surface area contributed by atoms with Gasteiger partial charge in [0.2, 0.25) is 0 Å². The predicted molar refractivity (Wildman–Crippen MR) is 231 cm³/mol. The molecular formula is C52H44Ge. The molecule has 0 aliphatic carbocycles. The van der Waals surface area contributed by atoms with Gasteiger partial charge in [-0.25, -0.2) is 0 Å². The van der Waals surface area contributed by atoms with Crippen LogP contribution < -0.4 is 17.6 Å². The molecule has 0 aromatic heterocycles. The van der Waals surface area contributed by atoms with Crippen molar-refractivity contribution in [2.45, 2.75) is 27.7 Å². The second kappa shape index (κ2) is 14.7. The van der Waals surface area contributed by atoms with Gasteiger partial charge < -0.3 is 0 Å². The van der Waals surface area contributed by atoms with Crippen molar-refractivity contribution in [1.82, 2.24) is 0 Å². The Hall–Kier alpha value is -5.70. The van der Waals surface area contributed by atoms with Crippen molar-refractivity contribution >= 4 is 30.8 Å². The van der Waals surface area contributed by atoms with E-state index in [1.54, 1.807) is 0 Å². The van der Waals surface area contributed by atoms with Gasteiger partial charge in [0.05, 0.1) is 0 Å². The third-order valence-electron chi connectivity index (χ3n) is 10.8. The predicted octanol–water partition coefficient (Wildman–Crippen LogP) is 11.0. The van der Waals surface area contributed by atoms with E-state index in [9.17, 15) is 0 Å². The van der Waals surface area contributed by atoms with E-state index in [4.69, 9.17) is 0 Å². The molecule has 8 aromatic rings. The van der Waals surface area contributed by atoms with Gasteiger partial charge in [-0.05, 0) is 0 Å². The number of hydrogen-bond acceptors (Lipinski definition) is 0. The normalized spacial score (nSPS) is 11.4. The van der Waals surface area contributed by atoms with Crippen LogP contribution in [0, 0.1) is 27.7 Å². The topological polar surface area (TPSA) is 0 Å². The van der Waals surface area contributed by atoms with Crippen LogP contribution in [0.15, 0.2) is 194 Å². The molecule has 0 bridgehead atoms. The SMILES string of the molecule is Cc1ccc(-c2cc[c]([Ge]([c]3ccc(-c4ccc(C)cc4)cc3)([c]3ccc(-c4ccc(C)cc4)cc3)[c]3ccc(-c4ccc(C)cc4)cc3)cc2)cc1. The Bertz CT molecular complexity index is 2070. The number of hydrogen-bond donors (Lipinski definition) is 0. The van der Waals surface area contributed by atoms with Crippen LogP contribution in [-0.2, 0) is 0 Å². The van der Waals surface area contributed by atoms with Crippen LogP contribution in [0.25, 0.3) is 44.5 Å². The summed E-state index contributed by atoms with van der Waals surface area (Å²) in [5, 5.41) is 0. The molecule has 0 radical (unpaired) electrons. The first-order chi connectivity index (χ1) is 25.9. The van der Waals surface area contributed by atoms with Gasteiger partial charge in [0.15, 0.2) is 0 Å². The van der Waals surface area contributed by atoms with Crippen LogP contribution in [-0.4, -0.2) is 13.3 Å². The average Bonchev–Trinajstić information content (AvgIpc) is 3.20. The van der Waals surface area contributed by atoms with Crippen molar-refractivity contribution < 1.29 is 0 Å². The molecule has 8 aromatic carbocycles. The zero-order valence-electron chi connectivity index (χ0n) is 31.0. The van der Waals surface area contributed by atoms with Gasteiger partial charge in [0.1, 0.15) is 0 Å². The standard InChI is InChI=1S/C52H44Ge/c1-37-5-13-41(14-6-37)45-21-29-49(30-22-45)53(50-31-23-46(24-32-50)42-15-7-38(2)8-16-42,51-33-25-47(26-34-51)43-17-9-39(3)10-18-43)52-35-27-48(28-36-52)44-19-11-40(4)12-20-44/h5-36H,1-4H3. The Kier molecular flexibility index (Phi) is 9.56. The first-order valence-electron chi connectivity index (χ1n) is 18.6. The molecule has 0 atom stereocenters. The van der Waals surface area contributed by atoms with Crippen molar-refractivity contribution in [3.05, 3.63) is 216 Å². The molecule has 0 unspecified atom stereocenters. The molecule has 8 rings (SSSR count). The van der Waals surface area contributed by atoms with E-state index < -0.39 is 13.3 Å². The average molecular weight is 742 g/mol. The van der Waals surface area contributed by atoms with E-state index in [1.165, 1.54) is 84.3 Å². The second-order valence-electron chi connectivity index (χ2n) is 14.5. The second-order valence-corrected chi connectivity index (χ2v) is 22.5. The quantitative estimate of drug-likeness (QED) is 0.136.